The Morgan fingerprint density at radius 3 is 2.40 bits per heavy atom. The Balaban J connectivity index is 2.15. The van der Waals surface area contributed by atoms with Crippen molar-refractivity contribution in [1.82, 2.24) is 5.32 Å². The maximum absolute atomic E-state index is 12.2. The summed E-state index contributed by atoms with van der Waals surface area (Å²) in [5.74, 6) is -0.0501. The van der Waals surface area contributed by atoms with Crippen LogP contribution in [0.1, 0.15) is 40.0 Å². The van der Waals surface area contributed by atoms with Crippen molar-refractivity contribution in [3.05, 3.63) is 69.2 Å². The Labute approximate surface area is 128 Å². The molecule has 104 valence electrons. The van der Waals surface area contributed by atoms with Crippen molar-refractivity contribution < 1.29 is 4.79 Å². The molecule has 2 aromatic rings. The van der Waals surface area contributed by atoms with Crippen LogP contribution in [-0.4, -0.2) is 5.91 Å². The van der Waals surface area contributed by atoms with Crippen molar-refractivity contribution in [3.8, 4) is 0 Å². The Kier molecular flexibility index (Phi) is 4.61. The van der Waals surface area contributed by atoms with Gasteiger partial charge in [0.05, 0.1) is 6.04 Å². The maximum atomic E-state index is 12.2. The molecule has 2 aromatic carbocycles. The third-order valence-corrected chi connectivity index (χ3v) is 3.88. The third-order valence-electron chi connectivity index (χ3n) is 3.36. The number of rotatable bonds is 3. The highest BCUT2D eigenvalue weighted by molar-refractivity contribution is 9.10. The van der Waals surface area contributed by atoms with Crippen LogP contribution in [0.3, 0.4) is 0 Å². The Morgan fingerprint density at radius 2 is 1.75 bits per heavy atom. The van der Waals surface area contributed by atoms with E-state index in [-0.39, 0.29) is 11.9 Å². The molecule has 0 bridgehead atoms. The molecule has 3 heteroatoms. The fourth-order valence-corrected chi connectivity index (χ4v) is 2.45. The van der Waals surface area contributed by atoms with E-state index in [0.717, 1.165) is 10.0 Å². The number of hydrogen-bond donors (Lipinski definition) is 1. The van der Waals surface area contributed by atoms with Gasteiger partial charge in [0.1, 0.15) is 0 Å². The number of halogens is 1. The van der Waals surface area contributed by atoms with Crippen LogP contribution in [-0.2, 0) is 0 Å². The molecule has 0 heterocycles. The molecule has 0 saturated heterocycles. The summed E-state index contributed by atoms with van der Waals surface area (Å²) in [5.41, 5.74) is 4.23. The average Bonchev–Trinajstić information content (AvgIpc) is 2.42. The second kappa shape index (κ2) is 6.23. The number of hydrogen-bond acceptors (Lipinski definition) is 1. The number of aryl methyl sites for hydroxylation is 2. The lowest BCUT2D eigenvalue weighted by Gasteiger charge is -2.17. The number of nitrogens with one attached hydrogen (secondary N) is 1. The molecule has 1 N–H and O–H groups in total. The summed E-state index contributed by atoms with van der Waals surface area (Å²) in [7, 11) is 0. The van der Waals surface area contributed by atoms with Crippen LogP contribution < -0.4 is 5.32 Å². The van der Waals surface area contributed by atoms with Gasteiger partial charge in [-0.15, -0.1) is 0 Å². The molecule has 0 radical (unpaired) electrons. The van der Waals surface area contributed by atoms with E-state index in [0.29, 0.717) is 5.56 Å². The number of benzene rings is 2. The Bertz CT molecular complexity index is 619. The van der Waals surface area contributed by atoms with E-state index in [1.807, 2.05) is 31.2 Å². The average molecular weight is 332 g/mol. The minimum absolute atomic E-state index is 0.00829. The van der Waals surface area contributed by atoms with Gasteiger partial charge in [-0.3, -0.25) is 4.79 Å². The topological polar surface area (TPSA) is 29.1 Å². The molecule has 0 saturated carbocycles. The molecule has 1 unspecified atom stereocenters. The lowest BCUT2D eigenvalue weighted by Crippen LogP contribution is -2.27. The fraction of sp³-hybridized carbons (Fsp3) is 0.235. The molecule has 2 rings (SSSR count). The largest absolute Gasteiger partial charge is 0.346 e. The van der Waals surface area contributed by atoms with Crippen LogP contribution in [0.15, 0.2) is 46.9 Å². The monoisotopic (exact) mass is 331 g/mol. The van der Waals surface area contributed by atoms with Crippen LogP contribution in [0.4, 0.5) is 0 Å². The SMILES string of the molecule is Cc1ccc(C)c(C(C)NC(=O)c2ccc(Br)cc2)c1. The highest BCUT2D eigenvalue weighted by Crippen LogP contribution is 2.19. The zero-order valence-corrected chi connectivity index (χ0v) is 13.5. The van der Waals surface area contributed by atoms with Gasteiger partial charge >= 0.3 is 0 Å². The summed E-state index contributed by atoms with van der Waals surface area (Å²) in [6.07, 6.45) is 0. The molecule has 0 fully saturated rings. The van der Waals surface area contributed by atoms with Crippen molar-refractivity contribution >= 4 is 21.8 Å². The van der Waals surface area contributed by atoms with Gasteiger partial charge < -0.3 is 5.32 Å². The standard InChI is InChI=1S/C17H18BrNO/c1-11-4-5-12(2)16(10-11)13(3)19-17(20)14-6-8-15(18)9-7-14/h4-10,13H,1-3H3,(H,19,20). The Hall–Kier alpha value is -1.61. The zero-order chi connectivity index (χ0) is 14.7. The van der Waals surface area contributed by atoms with Crippen LogP contribution >= 0.6 is 15.9 Å². The first-order valence-corrected chi connectivity index (χ1v) is 7.40. The molecule has 0 aliphatic rings. The second-order valence-electron chi connectivity index (χ2n) is 5.06. The molecule has 0 spiro atoms. The minimum Gasteiger partial charge on any atom is -0.346 e. The van der Waals surface area contributed by atoms with Crippen molar-refractivity contribution in [3.63, 3.8) is 0 Å². The van der Waals surface area contributed by atoms with Gasteiger partial charge in [-0.25, -0.2) is 0 Å². The van der Waals surface area contributed by atoms with Crippen LogP contribution in [0.5, 0.6) is 0 Å². The number of amides is 1. The lowest BCUT2D eigenvalue weighted by atomic mass is 10.00. The summed E-state index contributed by atoms with van der Waals surface area (Å²) >= 11 is 3.37. The van der Waals surface area contributed by atoms with Crippen molar-refractivity contribution in [1.29, 1.82) is 0 Å². The first-order valence-electron chi connectivity index (χ1n) is 6.61. The first-order chi connectivity index (χ1) is 9.47. The van der Waals surface area contributed by atoms with Crippen molar-refractivity contribution in [2.24, 2.45) is 0 Å². The highest BCUT2D eigenvalue weighted by atomic mass is 79.9. The molecular weight excluding hydrogens is 314 g/mol. The summed E-state index contributed by atoms with van der Waals surface area (Å²) in [6, 6.07) is 13.7. The summed E-state index contributed by atoms with van der Waals surface area (Å²) in [5, 5.41) is 3.05. The van der Waals surface area contributed by atoms with E-state index < -0.39 is 0 Å². The Morgan fingerprint density at radius 1 is 1.10 bits per heavy atom. The smallest absolute Gasteiger partial charge is 0.251 e. The van der Waals surface area contributed by atoms with E-state index in [4.69, 9.17) is 0 Å². The molecule has 0 aromatic heterocycles. The minimum atomic E-state index is -0.0501. The zero-order valence-electron chi connectivity index (χ0n) is 11.9. The summed E-state index contributed by atoms with van der Waals surface area (Å²) in [6.45, 7) is 6.14. The third kappa shape index (κ3) is 3.48. The molecule has 0 aliphatic heterocycles. The van der Waals surface area contributed by atoms with E-state index >= 15 is 0 Å². The van der Waals surface area contributed by atoms with Gasteiger partial charge in [-0.05, 0) is 56.2 Å². The predicted molar refractivity (Wildman–Crippen MR) is 85.9 cm³/mol. The van der Waals surface area contributed by atoms with E-state index in [1.54, 1.807) is 0 Å². The predicted octanol–water partition coefficient (Wildman–Crippen LogP) is 4.56. The first kappa shape index (κ1) is 14.8. The molecular formula is C17H18BrNO. The van der Waals surface area contributed by atoms with E-state index in [9.17, 15) is 4.79 Å². The van der Waals surface area contributed by atoms with E-state index in [1.165, 1.54) is 11.1 Å². The van der Waals surface area contributed by atoms with Gasteiger partial charge in [0.25, 0.3) is 5.91 Å². The summed E-state index contributed by atoms with van der Waals surface area (Å²) in [4.78, 5) is 12.2. The number of carbonyl (C=O) groups is 1. The lowest BCUT2D eigenvalue weighted by molar-refractivity contribution is 0.0940. The fourth-order valence-electron chi connectivity index (χ4n) is 2.19. The molecule has 1 amide bonds. The van der Waals surface area contributed by atoms with Crippen LogP contribution in [0.2, 0.25) is 0 Å². The van der Waals surface area contributed by atoms with Gasteiger partial charge in [0.15, 0.2) is 0 Å². The maximum Gasteiger partial charge on any atom is 0.251 e. The van der Waals surface area contributed by atoms with E-state index in [2.05, 4.69) is 53.3 Å². The van der Waals surface area contributed by atoms with Gasteiger partial charge in [-0.1, -0.05) is 39.7 Å². The highest BCUT2D eigenvalue weighted by Gasteiger charge is 2.13. The molecule has 2 nitrogen and oxygen atoms in total. The molecule has 1 atom stereocenters. The van der Waals surface area contributed by atoms with Crippen LogP contribution in [0.25, 0.3) is 0 Å². The number of carbonyl (C=O) groups excluding carboxylic acids is 1. The van der Waals surface area contributed by atoms with Crippen LogP contribution in [0, 0.1) is 13.8 Å². The second-order valence-corrected chi connectivity index (χ2v) is 5.98. The summed E-state index contributed by atoms with van der Waals surface area (Å²) < 4.78 is 0.969. The quantitative estimate of drug-likeness (QED) is 0.877. The van der Waals surface area contributed by atoms with Crippen molar-refractivity contribution in [2.75, 3.05) is 0 Å². The van der Waals surface area contributed by atoms with Gasteiger partial charge in [-0.2, -0.15) is 0 Å². The van der Waals surface area contributed by atoms with Gasteiger partial charge in [0, 0.05) is 10.0 Å². The van der Waals surface area contributed by atoms with Gasteiger partial charge in [0.2, 0.25) is 0 Å². The van der Waals surface area contributed by atoms with Crippen molar-refractivity contribution in [2.45, 2.75) is 26.8 Å². The normalized spacial score (nSPS) is 12.0. The molecule has 0 aliphatic carbocycles. The molecule has 20 heavy (non-hydrogen) atoms.